The van der Waals surface area contributed by atoms with Crippen LogP contribution in [0.15, 0.2) is 66.7 Å². The van der Waals surface area contributed by atoms with E-state index in [1.807, 2.05) is 74.5 Å². The topological polar surface area (TPSA) is 47.6 Å². The summed E-state index contributed by atoms with van der Waals surface area (Å²) in [6, 6.07) is 21.8. The van der Waals surface area contributed by atoms with Gasteiger partial charge in [-0.25, -0.2) is 0 Å². The van der Waals surface area contributed by atoms with Gasteiger partial charge in [0.05, 0.1) is 6.54 Å². The van der Waals surface area contributed by atoms with E-state index in [1.54, 1.807) is 0 Å². The molecule has 4 heteroatoms. The molecule has 0 saturated heterocycles. The van der Waals surface area contributed by atoms with E-state index >= 15 is 0 Å². The number of fused-ring (bicyclic) bond motifs is 1. The highest BCUT2D eigenvalue weighted by molar-refractivity contribution is 5.84. The van der Waals surface area contributed by atoms with Gasteiger partial charge in [-0.1, -0.05) is 55.0 Å². The summed E-state index contributed by atoms with van der Waals surface area (Å²) in [4.78, 5) is 12.4. The predicted octanol–water partition coefficient (Wildman–Crippen LogP) is 4.50. The second-order valence-corrected chi connectivity index (χ2v) is 6.48. The van der Waals surface area contributed by atoms with Crippen molar-refractivity contribution in [3.05, 3.63) is 72.3 Å². The van der Waals surface area contributed by atoms with Crippen LogP contribution in [0.1, 0.15) is 18.9 Å². The van der Waals surface area contributed by atoms with Crippen LogP contribution < -0.4 is 14.8 Å². The summed E-state index contributed by atoms with van der Waals surface area (Å²) in [5, 5.41) is 5.13. The van der Waals surface area contributed by atoms with Crippen molar-refractivity contribution in [2.45, 2.75) is 26.4 Å². The van der Waals surface area contributed by atoms with E-state index in [4.69, 9.17) is 9.47 Å². The van der Waals surface area contributed by atoms with Gasteiger partial charge in [-0.05, 0) is 48.4 Å². The first-order chi connectivity index (χ1) is 13.2. The molecular formula is C23H25NO3. The van der Waals surface area contributed by atoms with Gasteiger partial charge < -0.3 is 14.8 Å². The Morgan fingerprint density at radius 1 is 0.963 bits per heavy atom. The lowest BCUT2D eigenvalue weighted by atomic mass is 10.1. The van der Waals surface area contributed by atoms with Crippen LogP contribution in [0.5, 0.6) is 11.5 Å². The molecule has 0 radical (unpaired) electrons. The Hall–Kier alpha value is -3.01. The van der Waals surface area contributed by atoms with Crippen molar-refractivity contribution in [1.29, 1.82) is 0 Å². The highest BCUT2D eigenvalue weighted by atomic mass is 16.5. The number of benzene rings is 3. The Kier molecular flexibility index (Phi) is 6.31. The van der Waals surface area contributed by atoms with Crippen molar-refractivity contribution in [3.8, 4) is 11.5 Å². The van der Waals surface area contributed by atoms with Crippen LogP contribution in [0.25, 0.3) is 10.8 Å². The van der Waals surface area contributed by atoms with Gasteiger partial charge in [0.1, 0.15) is 18.1 Å². The van der Waals surface area contributed by atoms with Crippen LogP contribution in [-0.2, 0) is 4.79 Å². The molecule has 140 valence electrons. The number of hydrogen-bond donors (Lipinski definition) is 1. The van der Waals surface area contributed by atoms with Gasteiger partial charge in [-0.15, -0.1) is 0 Å². The molecule has 1 unspecified atom stereocenters. The lowest BCUT2D eigenvalue weighted by Gasteiger charge is -2.18. The standard InChI is InChI=1S/C23H25NO3/c1-3-22(27-21-13-10-18-6-4-5-7-19(18)16-21)23(25)24-14-15-26-20-11-8-17(2)9-12-20/h4-13,16,22H,3,14-15H2,1-2H3,(H,24,25). The number of carbonyl (C=O) groups excluding carboxylic acids is 1. The largest absolute Gasteiger partial charge is 0.492 e. The summed E-state index contributed by atoms with van der Waals surface area (Å²) < 4.78 is 11.5. The van der Waals surface area contributed by atoms with Crippen molar-refractivity contribution < 1.29 is 14.3 Å². The highest BCUT2D eigenvalue weighted by Crippen LogP contribution is 2.22. The van der Waals surface area contributed by atoms with Crippen LogP contribution in [0, 0.1) is 6.92 Å². The molecule has 0 spiro atoms. The average Bonchev–Trinajstić information content (AvgIpc) is 2.70. The summed E-state index contributed by atoms with van der Waals surface area (Å²) in [6.07, 6.45) is 0.0721. The molecule has 27 heavy (non-hydrogen) atoms. The minimum absolute atomic E-state index is 0.127. The van der Waals surface area contributed by atoms with E-state index < -0.39 is 6.10 Å². The second-order valence-electron chi connectivity index (χ2n) is 6.48. The van der Waals surface area contributed by atoms with Gasteiger partial charge in [-0.3, -0.25) is 4.79 Å². The molecule has 0 aliphatic carbocycles. The smallest absolute Gasteiger partial charge is 0.261 e. The Morgan fingerprint density at radius 3 is 2.41 bits per heavy atom. The van der Waals surface area contributed by atoms with Crippen LogP contribution in [0.4, 0.5) is 0 Å². The van der Waals surface area contributed by atoms with Gasteiger partial charge in [0.15, 0.2) is 6.10 Å². The predicted molar refractivity (Wildman–Crippen MR) is 108 cm³/mol. The third kappa shape index (κ3) is 5.23. The van der Waals surface area contributed by atoms with Crippen molar-refractivity contribution >= 4 is 16.7 Å². The molecule has 0 aromatic heterocycles. The average molecular weight is 363 g/mol. The van der Waals surface area contributed by atoms with Crippen molar-refractivity contribution in [2.24, 2.45) is 0 Å². The molecule has 1 N–H and O–H groups in total. The highest BCUT2D eigenvalue weighted by Gasteiger charge is 2.18. The molecule has 1 atom stereocenters. The fourth-order valence-corrected chi connectivity index (χ4v) is 2.82. The normalized spacial score (nSPS) is 11.8. The minimum Gasteiger partial charge on any atom is -0.492 e. The number of aryl methyl sites for hydroxylation is 1. The number of carbonyl (C=O) groups is 1. The number of rotatable bonds is 8. The van der Waals surface area contributed by atoms with E-state index in [2.05, 4.69) is 11.4 Å². The molecule has 0 heterocycles. The Balaban J connectivity index is 1.50. The van der Waals surface area contributed by atoms with E-state index in [1.165, 1.54) is 5.56 Å². The zero-order valence-electron chi connectivity index (χ0n) is 15.8. The lowest BCUT2D eigenvalue weighted by Crippen LogP contribution is -2.39. The van der Waals surface area contributed by atoms with Gasteiger partial charge in [-0.2, -0.15) is 0 Å². The summed E-state index contributed by atoms with van der Waals surface area (Å²) in [7, 11) is 0. The van der Waals surface area contributed by atoms with E-state index in [-0.39, 0.29) is 5.91 Å². The van der Waals surface area contributed by atoms with Crippen LogP contribution in [0.3, 0.4) is 0 Å². The number of nitrogens with one attached hydrogen (secondary N) is 1. The molecule has 0 fully saturated rings. The molecule has 3 aromatic carbocycles. The van der Waals surface area contributed by atoms with Gasteiger partial charge in [0, 0.05) is 0 Å². The second kappa shape index (κ2) is 9.08. The van der Waals surface area contributed by atoms with Crippen molar-refractivity contribution in [1.82, 2.24) is 5.32 Å². The molecule has 1 amide bonds. The van der Waals surface area contributed by atoms with Gasteiger partial charge >= 0.3 is 0 Å². The molecule has 3 aromatic rings. The maximum atomic E-state index is 12.4. The van der Waals surface area contributed by atoms with Gasteiger partial charge in [0.25, 0.3) is 5.91 Å². The summed E-state index contributed by atoms with van der Waals surface area (Å²) >= 11 is 0. The molecule has 0 aliphatic heterocycles. The first-order valence-electron chi connectivity index (χ1n) is 9.28. The molecule has 4 nitrogen and oxygen atoms in total. The van der Waals surface area contributed by atoms with E-state index in [9.17, 15) is 4.79 Å². The van der Waals surface area contributed by atoms with Crippen LogP contribution in [0.2, 0.25) is 0 Å². The first-order valence-corrected chi connectivity index (χ1v) is 9.28. The third-order valence-electron chi connectivity index (χ3n) is 4.35. The van der Waals surface area contributed by atoms with Gasteiger partial charge in [0.2, 0.25) is 0 Å². The molecule has 0 bridgehead atoms. The molecule has 0 saturated carbocycles. The number of hydrogen-bond acceptors (Lipinski definition) is 3. The molecule has 0 aliphatic rings. The third-order valence-corrected chi connectivity index (χ3v) is 4.35. The Labute approximate surface area is 160 Å². The minimum atomic E-state index is -0.523. The quantitative estimate of drug-likeness (QED) is 0.600. The molecule has 3 rings (SSSR count). The van der Waals surface area contributed by atoms with Crippen molar-refractivity contribution in [3.63, 3.8) is 0 Å². The monoisotopic (exact) mass is 363 g/mol. The van der Waals surface area contributed by atoms with Crippen LogP contribution >= 0.6 is 0 Å². The fraction of sp³-hybridized carbons (Fsp3) is 0.261. The zero-order chi connectivity index (χ0) is 19.1. The lowest BCUT2D eigenvalue weighted by molar-refractivity contribution is -0.128. The fourth-order valence-electron chi connectivity index (χ4n) is 2.82. The summed E-state index contributed by atoms with van der Waals surface area (Å²) in [5.41, 5.74) is 1.19. The summed E-state index contributed by atoms with van der Waals surface area (Å²) in [5.74, 6) is 1.37. The number of amides is 1. The molecular weight excluding hydrogens is 338 g/mol. The maximum Gasteiger partial charge on any atom is 0.261 e. The van der Waals surface area contributed by atoms with Crippen molar-refractivity contribution in [2.75, 3.05) is 13.2 Å². The number of ether oxygens (including phenoxy) is 2. The Bertz CT molecular complexity index is 890. The van der Waals surface area contributed by atoms with E-state index in [0.29, 0.717) is 25.3 Å². The van der Waals surface area contributed by atoms with E-state index in [0.717, 1.165) is 16.5 Å². The Morgan fingerprint density at radius 2 is 1.67 bits per heavy atom. The zero-order valence-corrected chi connectivity index (χ0v) is 15.8. The maximum absolute atomic E-state index is 12.4. The SMILES string of the molecule is CCC(Oc1ccc2ccccc2c1)C(=O)NCCOc1ccc(C)cc1. The summed E-state index contributed by atoms with van der Waals surface area (Å²) in [6.45, 7) is 4.82. The first kappa shape index (κ1) is 18.8. The van der Waals surface area contributed by atoms with Crippen LogP contribution in [-0.4, -0.2) is 25.2 Å².